The number of pyridine rings is 1. The first-order valence-corrected chi connectivity index (χ1v) is 8.68. The van der Waals surface area contributed by atoms with E-state index in [2.05, 4.69) is 4.98 Å². The van der Waals surface area contributed by atoms with Crippen molar-refractivity contribution >= 4 is 20.9 Å². The number of para-hydroxylation sites is 1. The Morgan fingerprint density at radius 1 is 1.13 bits per heavy atom. The number of sulfonamides is 1. The molecule has 2 heterocycles. The highest BCUT2D eigenvalue weighted by Gasteiger charge is 2.49. The maximum Gasteiger partial charge on any atom is 0.405 e. The van der Waals surface area contributed by atoms with E-state index in [-0.39, 0.29) is 23.4 Å². The van der Waals surface area contributed by atoms with Gasteiger partial charge in [0.15, 0.2) is 0 Å². The highest BCUT2D eigenvalue weighted by molar-refractivity contribution is 7.89. The van der Waals surface area contributed by atoms with Gasteiger partial charge in [-0.05, 0) is 25.0 Å². The number of aromatic nitrogens is 1. The number of alkyl halides is 3. The van der Waals surface area contributed by atoms with Crippen LogP contribution in [0.25, 0.3) is 10.9 Å². The topological polar surface area (TPSA) is 50.3 Å². The quantitative estimate of drug-likeness (QED) is 0.840. The molecular weight excluding hydrogens is 329 g/mol. The van der Waals surface area contributed by atoms with E-state index in [9.17, 15) is 21.6 Å². The van der Waals surface area contributed by atoms with Crippen LogP contribution in [0.5, 0.6) is 0 Å². The van der Waals surface area contributed by atoms with Crippen LogP contribution in [0.1, 0.15) is 19.3 Å². The van der Waals surface area contributed by atoms with E-state index in [0.717, 1.165) is 0 Å². The third-order valence-electron chi connectivity index (χ3n) is 4.01. The smallest absolute Gasteiger partial charge is 0.255 e. The van der Waals surface area contributed by atoms with Crippen LogP contribution in [0.2, 0.25) is 0 Å². The third kappa shape index (κ3) is 2.92. The highest BCUT2D eigenvalue weighted by atomic mass is 32.2. The number of halogens is 3. The number of benzene rings is 1. The van der Waals surface area contributed by atoms with Gasteiger partial charge in [0, 0.05) is 18.1 Å². The molecule has 3 rings (SSSR count). The van der Waals surface area contributed by atoms with Crippen LogP contribution < -0.4 is 0 Å². The molecular formula is C15H15F3N2O2S. The normalized spacial score (nSPS) is 20.7. The molecule has 1 aromatic carbocycles. The molecule has 0 bridgehead atoms. The summed E-state index contributed by atoms with van der Waals surface area (Å²) in [6.07, 6.45) is -2.57. The summed E-state index contributed by atoms with van der Waals surface area (Å²) < 4.78 is 66.0. The summed E-state index contributed by atoms with van der Waals surface area (Å²) >= 11 is 0. The molecule has 0 saturated carbocycles. The molecule has 0 spiro atoms. The zero-order chi connectivity index (χ0) is 16.7. The number of fused-ring (bicyclic) bond motifs is 1. The number of hydrogen-bond donors (Lipinski definition) is 0. The Morgan fingerprint density at radius 2 is 1.87 bits per heavy atom. The van der Waals surface area contributed by atoms with Gasteiger partial charge in [-0.25, -0.2) is 8.42 Å². The second kappa shape index (κ2) is 5.76. The van der Waals surface area contributed by atoms with Gasteiger partial charge >= 0.3 is 6.18 Å². The van der Waals surface area contributed by atoms with E-state index < -0.39 is 22.2 Å². The van der Waals surface area contributed by atoms with Gasteiger partial charge in [-0.15, -0.1) is 0 Å². The van der Waals surface area contributed by atoms with Crippen LogP contribution in [0.4, 0.5) is 13.2 Å². The average Bonchev–Trinajstić information content (AvgIpc) is 2.53. The average molecular weight is 344 g/mol. The molecule has 1 unspecified atom stereocenters. The first-order valence-electron chi connectivity index (χ1n) is 7.24. The van der Waals surface area contributed by atoms with Crippen molar-refractivity contribution in [1.29, 1.82) is 0 Å². The fraction of sp³-hybridized carbons (Fsp3) is 0.400. The molecule has 23 heavy (non-hydrogen) atoms. The fourth-order valence-corrected chi connectivity index (χ4v) is 4.78. The molecule has 0 aliphatic carbocycles. The van der Waals surface area contributed by atoms with Crippen LogP contribution in [-0.2, 0) is 10.0 Å². The van der Waals surface area contributed by atoms with Gasteiger partial charge < -0.3 is 0 Å². The van der Waals surface area contributed by atoms with Crippen molar-refractivity contribution in [3.63, 3.8) is 0 Å². The zero-order valence-corrected chi connectivity index (χ0v) is 12.9. The lowest BCUT2D eigenvalue weighted by atomic mass is 10.0. The molecule has 1 aliphatic heterocycles. The standard InChI is InChI=1S/C15H15F3N2O2S/c16-15(17,18)13-8-1-2-10-20(13)23(21,22)12-7-3-5-11-6-4-9-19-14(11)12/h3-7,9,13H,1-2,8,10H2. The molecule has 1 fully saturated rings. The van der Waals surface area contributed by atoms with Gasteiger partial charge in [-0.2, -0.15) is 17.5 Å². The van der Waals surface area contributed by atoms with Crippen LogP contribution >= 0.6 is 0 Å². The molecule has 0 radical (unpaired) electrons. The van der Waals surface area contributed by atoms with Gasteiger partial charge in [0.05, 0.1) is 5.52 Å². The SMILES string of the molecule is O=S(=O)(c1cccc2cccnc12)N1CCCCC1C(F)(F)F. The lowest BCUT2D eigenvalue weighted by Gasteiger charge is -2.35. The summed E-state index contributed by atoms with van der Waals surface area (Å²) in [5.74, 6) is 0. The minimum atomic E-state index is -4.58. The van der Waals surface area contributed by atoms with Crippen molar-refractivity contribution in [3.8, 4) is 0 Å². The Morgan fingerprint density at radius 3 is 2.61 bits per heavy atom. The molecule has 0 amide bonds. The number of nitrogens with zero attached hydrogens (tertiary/aromatic N) is 2. The first-order chi connectivity index (χ1) is 10.8. The number of rotatable bonds is 2. The van der Waals surface area contributed by atoms with Gasteiger partial charge in [0.1, 0.15) is 10.9 Å². The lowest BCUT2D eigenvalue weighted by molar-refractivity contribution is -0.177. The van der Waals surface area contributed by atoms with Crippen molar-refractivity contribution in [3.05, 3.63) is 36.5 Å². The molecule has 4 nitrogen and oxygen atoms in total. The van der Waals surface area contributed by atoms with Gasteiger partial charge in [0.2, 0.25) is 10.0 Å². The Bertz CT molecular complexity index is 816. The van der Waals surface area contributed by atoms with E-state index in [1.165, 1.54) is 18.3 Å². The number of piperidine rings is 1. The third-order valence-corrected chi connectivity index (χ3v) is 5.95. The number of hydrogen-bond acceptors (Lipinski definition) is 3. The van der Waals surface area contributed by atoms with Crippen molar-refractivity contribution in [2.45, 2.75) is 36.4 Å². The largest absolute Gasteiger partial charge is 0.405 e. The monoisotopic (exact) mass is 344 g/mol. The molecule has 1 aliphatic rings. The molecule has 1 aromatic heterocycles. The molecule has 1 saturated heterocycles. The summed E-state index contributed by atoms with van der Waals surface area (Å²) in [6, 6.07) is 5.87. The summed E-state index contributed by atoms with van der Waals surface area (Å²) in [5, 5.41) is 0.578. The highest BCUT2D eigenvalue weighted by Crippen LogP contribution is 2.36. The molecule has 124 valence electrons. The summed E-state index contributed by atoms with van der Waals surface area (Å²) in [5.41, 5.74) is 0.196. The molecule has 8 heteroatoms. The first kappa shape index (κ1) is 16.2. The Hall–Kier alpha value is -1.67. The molecule has 0 N–H and O–H groups in total. The predicted molar refractivity (Wildman–Crippen MR) is 79.3 cm³/mol. The van der Waals surface area contributed by atoms with Crippen molar-refractivity contribution in [2.75, 3.05) is 6.54 Å². The Labute approximate surface area is 132 Å². The van der Waals surface area contributed by atoms with Gasteiger partial charge in [0.25, 0.3) is 0 Å². The summed E-state index contributed by atoms with van der Waals surface area (Å²) in [7, 11) is -4.27. The Kier molecular flexibility index (Phi) is 4.05. The second-order valence-electron chi connectivity index (χ2n) is 5.50. The van der Waals surface area contributed by atoms with Crippen LogP contribution in [0.15, 0.2) is 41.4 Å². The van der Waals surface area contributed by atoms with E-state index in [0.29, 0.717) is 22.5 Å². The van der Waals surface area contributed by atoms with E-state index in [1.54, 1.807) is 18.2 Å². The van der Waals surface area contributed by atoms with Crippen molar-refractivity contribution < 1.29 is 21.6 Å². The molecule has 2 aromatic rings. The fourth-order valence-electron chi connectivity index (χ4n) is 2.93. The van der Waals surface area contributed by atoms with Crippen molar-refractivity contribution in [2.24, 2.45) is 0 Å². The summed E-state index contributed by atoms with van der Waals surface area (Å²) in [4.78, 5) is 3.87. The maximum absolute atomic E-state index is 13.2. The van der Waals surface area contributed by atoms with Gasteiger partial charge in [-0.3, -0.25) is 4.98 Å². The van der Waals surface area contributed by atoms with E-state index >= 15 is 0 Å². The van der Waals surface area contributed by atoms with Crippen molar-refractivity contribution in [1.82, 2.24) is 9.29 Å². The van der Waals surface area contributed by atoms with Gasteiger partial charge in [-0.1, -0.05) is 24.6 Å². The zero-order valence-electron chi connectivity index (χ0n) is 12.1. The van der Waals surface area contributed by atoms with E-state index in [1.807, 2.05) is 0 Å². The lowest BCUT2D eigenvalue weighted by Crippen LogP contribution is -2.51. The van der Waals surface area contributed by atoms with E-state index in [4.69, 9.17) is 0 Å². The van der Waals surface area contributed by atoms with Crippen LogP contribution in [0, 0.1) is 0 Å². The molecule has 1 atom stereocenters. The predicted octanol–water partition coefficient (Wildman–Crippen LogP) is 3.34. The summed E-state index contributed by atoms with van der Waals surface area (Å²) in [6.45, 7) is -0.129. The Balaban J connectivity index is 2.13. The second-order valence-corrected chi connectivity index (χ2v) is 7.36. The minimum Gasteiger partial charge on any atom is -0.255 e. The maximum atomic E-state index is 13.2. The minimum absolute atomic E-state index is 0.129. The van der Waals surface area contributed by atoms with Crippen LogP contribution in [0.3, 0.4) is 0 Å². The van der Waals surface area contributed by atoms with Crippen LogP contribution in [-0.4, -0.2) is 36.5 Å².